The van der Waals surface area contributed by atoms with Gasteiger partial charge in [0.25, 0.3) is 11.8 Å². The Morgan fingerprint density at radius 1 is 1.14 bits per heavy atom. The summed E-state index contributed by atoms with van der Waals surface area (Å²) in [7, 11) is 1.76. The van der Waals surface area contributed by atoms with Crippen molar-refractivity contribution in [2.75, 3.05) is 32.1 Å². The summed E-state index contributed by atoms with van der Waals surface area (Å²) in [5.41, 5.74) is 2.41. The molecule has 0 unspecified atom stereocenters. The second kappa shape index (κ2) is 8.56. The van der Waals surface area contributed by atoms with Crippen LogP contribution in [0.15, 0.2) is 42.5 Å². The molecular formula is C21H22N2O5. The number of nitrogens with one attached hydrogen (secondary N) is 1. The molecule has 3 rings (SSSR count). The van der Waals surface area contributed by atoms with Crippen molar-refractivity contribution in [1.82, 2.24) is 4.90 Å². The van der Waals surface area contributed by atoms with Crippen molar-refractivity contribution in [3.8, 4) is 5.75 Å². The van der Waals surface area contributed by atoms with Crippen LogP contribution in [0.1, 0.15) is 33.2 Å². The number of ether oxygens (including phenoxy) is 2. The Labute approximate surface area is 163 Å². The zero-order chi connectivity index (χ0) is 20.1. The fourth-order valence-corrected chi connectivity index (χ4v) is 2.99. The third-order valence-electron chi connectivity index (χ3n) is 4.45. The van der Waals surface area contributed by atoms with Crippen molar-refractivity contribution in [2.24, 2.45) is 0 Å². The fourth-order valence-electron chi connectivity index (χ4n) is 2.99. The summed E-state index contributed by atoms with van der Waals surface area (Å²) in [6.45, 7) is 2.48. The molecule has 1 N–H and O–H groups in total. The van der Waals surface area contributed by atoms with Gasteiger partial charge in [0.1, 0.15) is 5.75 Å². The number of amides is 2. The molecule has 7 heteroatoms. The average Bonchev–Trinajstić information content (AvgIpc) is 2.70. The highest BCUT2D eigenvalue weighted by atomic mass is 16.5. The molecule has 2 aromatic carbocycles. The number of fused-ring (bicyclic) bond motifs is 1. The molecule has 0 saturated carbocycles. The van der Waals surface area contributed by atoms with E-state index in [0.717, 1.165) is 5.56 Å². The minimum atomic E-state index is -0.405. The van der Waals surface area contributed by atoms with Crippen LogP contribution in [0, 0.1) is 0 Å². The number of nitrogens with zero attached hydrogens (tertiary/aromatic N) is 1. The highest BCUT2D eigenvalue weighted by molar-refractivity contribution is 5.97. The minimum Gasteiger partial charge on any atom is -0.483 e. The van der Waals surface area contributed by atoms with Gasteiger partial charge in [-0.2, -0.15) is 0 Å². The summed E-state index contributed by atoms with van der Waals surface area (Å²) < 4.78 is 10.6. The predicted molar refractivity (Wildman–Crippen MR) is 104 cm³/mol. The number of esters is 1. The van der Waals surface area contributed by atoms with E-state index in [1.165, 1.54) is 0 Å². The lowest BCUT2D eigenvalue weighted by atomic mass is 9.98. The van der Waals surface area contributed by atoms with Crippen molar-refractivity contribution < 1.29 is 23.9 Å². The summed E-state index contributed by atoms with van der Waals surface area (Å²) in [4.78, 5) is 37.7. The van der Waals surface area contributed by atoms with Crippen molar-refractivity contribution in [3.63, 3.8) is 0 Å². The smallest absolute Gasteiger partial charge is 0.338 e. The van der Waals surface area contributed by atoms with Crippen LogP contribution < -0.4 is 10.1 Å². The first kappa shape index (κ1) is 19.4. The number of hydrogen-bond donors (Lipinski definition) is 1. The molecule has 7 nitrogen and oxygen atoms in total. The molecule has 0 atom stereocenters. The Kier molecular flexibility index (Phi) is 5.93. The molecule has 0 radical (unpaired) electrons. The molecule has 1 heterocycles. The van der Waals surface area contributed by atoms with Crippen molar-refractivity contribution in [3.05, 3.63) is 59.2 Å². The van der Waals surface area contributed by atoms with E-state index in [9.17, 15) is 14.4 Å². The van der Waals surface area contributed by atoms with Crippen molar-refractivity contribution >= 4 is 23.5 Å². The Morgan fingerprint density at radius 3 is 2.61 bits per heavy atom. The maximum absolute atomic E-state index is 12.2. The molecule has 1 aliphatic rings. The predicted octanol–water partition coefficient (Wildman–Crippen LogP) is 2.51. The number of benzene rings is 2. The number of hydrogen-bond acceptors (Lipinski definition) is 5. The van der Waals surface area contributed by atoms with E-state index >= 15 is 0 Å². The first-order chi connectivity index (χ1) is 13.5. The van der Waals surface area contributed by atoms with Crippen LogP contribution in [0.25, 0.3) is 0 Å². The first-order valence-corrected chi connectivity index (χ1v) is 9.06. The van der Waals surface area contributed by atoms with Crippen molar-refractivity contribution in [1.29, 1.82) is 0 Å². The lowest BCUT2D eigenvalue weighted by Gasteiger charge is -2.26. The Hall–Kier alpha value is -3.35. The van der Waals surface area contributed by atoms with Gasteiger partial charge < -0.3 is 19.7 Å². The molecule has 0 spiro atoms. The Bertz CT molecular complexity index is 892. The summed E-state index contributed by atoms with van der Waals surface area (Å²) in [5.74, 6) is -0.233. The summed E-state index contributed by atoms with van der Waals surface area (Å²) >= 11 is 0. The molecule has 28 heavy (non-hydrogen) atoms. The molecule has 2 amide bonds. The molecular weight excluding hydrogens is 360 g/mol. The molecule has 0 aromatic heterocycles. The van der Waals surface area contributed by atoms with E-state index in [1.54, 1.807) is 61.3 Å². The van der Waals surface area contributed by atoms with Crippen LogP contribution in [0.2, 0.25) is 0 Å². The monoisotopic (exact) mass is 382 g/mol. The third-order valence-corrected chi connectivity index (χ3v) is 4.45. The van der Waals surface area contributed by atoms with Crippen LogP contribution in [0.5, 0.6) is 5.75 Å². The van der Waals surface area contributed by atoms with Gasteiger partial charge in [-0.05, 0) is 49.7 Å². The average molecular weight is 382 g/mol. The van der Waals surface area contributed by atoms with Gasteiger partial charge in [-0.1, -0.05) is 6.07 Å². The van der Waals surface area contributed by atoms with Crippen LogP contribution in [-0.2, 0) is 16.0 Å². The summed E-state index contributed by atoms with van der Waals surface area (Å²) in [6.07, 6.45) is 0.685. The third kappa shape index (κ3) is 4.31. The van der Waals surface area contributed by atoms with Gasteiger partial charge in [-0.25, -0.2) is 4.79 Å². The van der Waals surface area contributed by atoms with E-state index in [-0.39, 0.29) is 18.4 Å². The van der Waals surface area contributed by atoms with Crippen LogP contribution in [0.4, 0.5) is 5.69 Å². The highest BCUT2D eigenvalue weighted by Crippen LogP contribution is 2.27. The molecule has 146 valence electrons. The van der Waals surface area contributed by atoms with Gasteiger partial charge in [-0.3, -0.25) is 9.59 Å². The number of rotatable bonds is 6. The van der Waals surface area contributed by atoms with Gasteiger partial charge in [-0.15, -0.1) is 0 Å². The van der Waals surface area contributed by atoms with Gasteiger partial charge in [0.05, 0.1) is 12.2 Å². The van der Waals surface area contributed by atoms with E-state index < -0.39 is 5.97 Å². The van der Waals surface area contributed by atoms with Gasteiger partial charge in [0, 0.05) is 30.4 Å². The molecule has 0 saturated heterocycles. The SMILES string of the molecule is CCOC(=O)c1ccc(NC(=O)COc2cccc3c2CCN(C)C3=O)cc1. The number of likely N-dealkylation sites (N-methyl/N-ethyl adjacent to an activating group) is 1. The van der Waals surface area contributed by atoms with E-state index in [4.69, 9.17) is 9.47 Å². The normalized spacial score (nSPS) is 12.9. The summed E-state index contributed by atoms with van der Waals surface area (Å²) in [6, 6.07) is 11.7. The number of carbonyl (C=O) groups is 3. The second-order valence-corrected chi connectivity index (χ2v) is 6.39. The molecule has 0 aliphatic carbocycles. The molecule has 0 bridgehead atoms. The summed E-state index contributed by atoms with van der Waals surface area (Å²) in [5, 5.41) is 2.71. The molecule has 2 aromatic rings. The standard InChI is InChI=1S/C21H22N2O5/c1-3-27-21(26)14-7-9-15(10-8-14)22-19(24)13-28-18-6-4-5-17-16(18)11-12-23(2)20(17)25/h4-10H,3,11-13H2,1-2H3,(H,22,24). The maximum Gasteiger partial charge on any atom is 0.338 e. The van der Waals surface area contributed by atoms with Crippen LogP contribution >= 0.6 is 0 Å². The maximum atomic E-state index is 12.2. The van der Waals surface area contributed by atoms with Crippen LogP contribution in [0.3, 0.4) is 0 Å². The quantitative estimate of drug-likeness (QED) is 0.776. The number of anilines is 1. The lowest BCUT2D eigenvalue weighted by molar-refractivity contribution is -0.118. The molecule has 0 fully saturated rings. The first-order valence-electron chi connectivity index (χ1n) is 9.06. The zero-order valence-corrected chi connectivity index (χ0v) is 15.9. The van der Waals surface area contributed by atoms with E-state index in [2.05, 4.69) is 5.32 Å². The highest BCUT2D eigenvalue weighted by Gasteiger charge is 2.24. The topological polar surface area (TPSA) is 84.9 Å². The zero-order valence-electron chi connectivity index (χ0n) is 15.9. The second-order valence-electron chi connectivity index (χ2n) is 6.39. The van der Waals surface area contributed by atoms with Gasteiger partial charge in [0.15, 0.2) is 6.61 Å². The number of carbonyl (C=O) groups excluding carboxylic acids is 3. The van der Waals surface area contributed by atoms with E-state index in [1.807, 2.05) is 0 Å². The largest absolute Gasteiger partial charge is 0.483 e. The minimum absolute atomic E-state index is 0.0437. The van der Waals surface area contributed by atoms with E-state index in [0.29, 0.717) is 42.1 Å². The van der Waals surface area contributed by atoms with Crippen molar-refractivity contribution in [2.45, 2.75) is 13.3 Å². The molecule has 1 aliphatic heterocycles. The van der Waals surface area contributed by atoms with Gasteiger partial charge in [0.2, 0.25) is 0 Å². The Balaban J connectivity index is 1.59. The van der Waals surface area contributed by atoms with Crippen LogP contribution in [-0.4, -0.2) is 49.5 Å². The van der Waals surface area contributed by atoms with Gasteiger partial charge >= 0.3 is 5.97 Å². The fraction of sp³-hybridized carbons (Fsp3) is 0.286. The Morgan fingerprint density at radius 2 is 1.89 bits per heavy atom. The lowest BCUT2D eigenvalue weighted by Crippen LogP contribution is -2.34.